The van der Waals surface area contributed by atoms with Crippen molar-refractivity contribution in [1.82, 2.24) is 4.57 Å². The Kier molecular flexibility index (Phi) is 5.55. The zero-order valence-corrected chi connectivity index (χ0v) is 20.0. The molecular weight excluding hydrogens is 452 g/mol. The highest BCUT2D eigenvalue weighted by atomic mass is 32.1. The Hall–Kier alpha value is -3.96. The summed E-state index contributed by atoms with van der Waals surface area (Å²) in [6.07, 6.45) is 5.47. The van der Waals surface area contributed by atoms with Crippen molar-refractivity contribution in [3.8, 4) is 5.75 Å². The molecule has 2 aliphatic rings. The molecule has 2 heterocycles. The lowest BCUT2D eigenvalue weighted by molar-refractivity contribution is 0.362. The van der Waals surface area contributed by atoms with Crippen molar-refractivity contribution in [2.75, 3.05) is 6.61 Å². The number of fused-ring (bicyclic) bond motifs is 3. The van der Waals surface area contributed by atoms with Crippen LogP contribution in [0.3, 0.4) is 0 Å². The Morgan fingerprint density at radius 3 is 2.63 bits per heavy atom. The molecule has 0 amide bonds. The fourth-order valence-electron chi connectivity index (χ4n) is 4.98. The topological polar surface area (TPSA) is 43.6 Å². The molecule has 1 aliphatic carbocycles. The minimum Gasteiger partial charge on any atom is -0.489 e. The Labute approximate surface area is 207 Å². The lowest BCUT2D eigenvalue weighted by Crippen LogP contribution is -2.38. The number of benzene rings is 3. The van der Waals surface area contributed by atoms with Crippen molar-refractivity contribution >= 4 is 23.1 Å². The minimum absolute atomic E-state index is 0.0217. The Morgan fingerprint density at radius 1 is 1.00 bits per heavy atom. The SMILES string of the molecule is C=CCOc1ccccc1/C=c1\sc2n(c1=O)[C@H](c1ccccc1)C1=C(N=2)c2ccccc2CC1. The lowest BCUT2D eigenvalue weighted by atomic mass is 9.83. The van der Waals surface area contributed by atoms with E-state index in [4.69, 9.17) is 9.73 Å². The third-order valence-corrected chi connectivity index (χ3v) is 7.53. The summed E-state index contributed by atoms with van der Waals surface area (Å²) in [5.74, 6) is 0.728. The number of nitrogens with zero attached hydrogens (tertiary/aromatic N) is 2. The molecule has 0 radical (unpaired) electrons. The van der Waals surface area contributed by atoms with Crippen LogP contribution < -0.4 is 19.6 Å². The summed E-state index contributed by atoms with van der Waals surface area (Å²) in [7, 11) is 0. The molecule has 4 nitrogen and oxygen atoms in total. The van der Waals surface area contributed by atoms with E-state index < -0.39 is 0 Å². The quantitative estimate of drug-likeness (QED) is 0.385. The smallest absolute Gasteiger partial charge is 0.271 e. The van der Waals surface area contributed by atoms with Gasteiger partial charge in [-0.1, -0.05) is 96.8 Å². The first kappa shape index (κ1) is 21.6. The van der Waals surface area contributed by atoms with Crippen molar-refractivity contribution < 1.29 is 4.74 Å². The van der Waals surface area contributed by atoms with Crippen LogP contribution in [0.4, 0.5) is 0 Å². The largest absolute Gasteiger partial charge is 0.489 e. The average molecular weight is 477 g/mol. The van der Waals surface area contributed by atoms with E-state index in [9.17, 15) is 4.79 Å². The van der Waals surface area contributed by atoms with Crippen LogP contribution in [0.1, 0.15) is 34.7 Å². The van der Waals surface area contributed by atoms with Gasteiger partial charge in [-0.25, -0.2) is 4.99 Å². The highest BCUT2D eigenvalue weighted by molar-refractivity contribution is 7.07. The first-order valence-corrected chi connectivity index (χ1v) is 12.6. The zero-order valence-electron chi connectivity index (χ0n) is 19.2. The van der Waals surface area contributed by atoms with Crippen molar-refractivity contribution in [2.24, 2.45) is 4.99 Å². The van der Waals surface area contributed by atoms with Gasteiger partial charge in [0.2, 0.25) is 0 Å². The molecule has 172 valence electrons. The van der Waals surface area contributed by atoms with Gasteiger partial charge in [-0.05, 0) is 41.7 Å². The monoisotopic (exact) mass is 476 g/mol. The molecule has 0 saturated heterocycles. The van der Waals surface area contributed by atoms with E-state index in [1.165, 1.54) is 28.0 Å². The molecule has 0 unspecified atom stereocenters. The van der Waals surface area contributed by atoms with Gasteiger partial charge in [0, 0.05) is 11.1 Å². The molecule has 35 heavy (non-hydrogen) atoms. The highest BCUT2D eigenvalue weighted by Crippen LogP contribution is 2.41. The highest BCUT2D eigenvalue weighted by Gasteiger charge is 2.32. The third-order valence-electron chi connectivity index (χ3n) is 6.55. The Morgan fingerprint density at radius 2 is 1.77 bits per heavy atom. The molecule has 3 aromatic carbocycles. The predicted molar refractivity (Wildman–Crippen MR) is 141 cm³/mol. The molecule has 1 aromatic heterocycles. The van der Waals surface area contributed by atoms with E-state index in [0.29, 0.717) is 11.1 Å². The van der Waals surface area contributed by atoms with Gasteiger partial charge in [0.15, 0.2) is 4.80 Å². The normalized spacial score (nSPS) is 16.7. The lowest BCUT2D eigenvalue weighted by Gasteiger charge is -2.30. The second kappa shape index (κ2) is 9.01. The molecule has 1 atom stereocenters. The van der Waals surface area contributed by atoms with E-state index in [2.05, 4.69) is 43.0 Å². The van der Waals surface area contributed by atoms with Gasteiger partial charge >= 0.3 is 0 Å². The second-order valence-electron chi connectivity index (χ2n) is 8.66. The number of rotatable bonds is 5. The first-order valence-electron chi connectivity index (χ1n) is 11.8. The van der Waals surface area contributed by atoms with Gasteiger partial charge in [-0.2, -0.15) is 0 Å². The number of aryl methyl sites for hydroxylation is 1. The standard InChI is InChI=1S/C30H24N2O2S/c1-2-18-34-25-15-9-7-13-22(25)19-26-29(33)32-28(21-11-4-3-5-12-21)24-17-16-20-10-6-8-14-23(20)27(24)31-30(32)35-26/h2-15,19,28H,1,16-18H2/b26-19-/t28-/m1/s1. The molecule has 4 aromatic rings. The molecule has 6 rings (SSSR count). The van der Waals surface area contributed by atoms with E-state index in [0.717, 1.165) is 40.2 Å². The molecule has 5 heteroatoms. The summed E-state index contributed by atoms with van der Waals surface area (Å²) in [4.78, 5) is 19.7. The fourth-order valence-corrected chi connectivity index (χ4v) is 5.97. The van der Waals surface area contributed by atoms with Crippen LogP contribution >= 0.6 is 11.3 Å². The van der Waals surface area contributed by atoms with Gasteiger partial charge in [0.1, 0.15) is 12.4 Å². The number of hydrogen-bond donors (Lipinski definition) is 0. The molecule has 0 bridgehead atoms. The van der Waals surface area contributed by atoms with E-state index >= 15 is 0 Å². The molecular formula is C30H24N2O2S. The maximum absolute atomic E-state index is 13.8. The van der Waals surface area contributed by atoms with Gasteiger partial charge in [-0.15, -0.1) is 0 Å². The number of thiazole rings is 1. The molecule has 0 fully saturated rings. The average Bonchev–Trinajstić information content (AvgIpc) is 3.21. The molecule has 1 aliphatic heterocycles. The summed E-state index contributed by atoms with van der Waals surface area (Å²) >= 11 is 1.44. The number of para-hydroxylation sites is 1. The van der Waals surface area contributed by atoms with E-state index in [1.807, 2.05) is 53.1 Å². The third kappa shape index (κ3) is 3.78. The van der Waals surface area contributed by atoms with Crippen LogP contribution in [0.15, 0.2) is 107 Å². The van der Waals surface area contributed by atoms with Crippen molar-refractivity contribution in [2.45, 2.75) is 18.9 Å². The number of ether oxygens (including phenoxy) is 1. The van der Waals surface area contributed by atoms with Crippen LogP contribution in [-0.4, -0.2) is 11.2 Å². The van der Waals surface area contributed by atoms with Crippen molar-refractivity contribution in [3.05, 3.63) is 139 Å². The summed E-state index contributed by atoms with van der Waals surface area (Å²) in [5, 5.41) is 0. The summed E-state index contributed by atoms with van der Waals surface area (Å²) in [6.45, 7) is 4.14. The van der Waals surface area contributed by atoms with E-state index in [1.54, 1.807) is 6.08 Å². The number of allylic oxidation sites excluding steroid dienone is 1. The first-order chi connectivity index (χ1) is 17.2. The van der Waals surface area contributed by atoms with Crippen LogP contribution in [-0.2, 0) is 6.42 Å². The van der Waals surface area contributed by atoms with Crippen LogP contribution in [0, 0.1) is 0 Å². The zero-order chi connectivity index (χ0) is 23.8. The van der Waals surface area contributed by atoms with Crippen molar-refractivity contribution in [3.63, 3.8) is 0 Å². The maximum atomic E-state index is 13.8. The van der Waals surface area contributed by atoms with Gasteiger partial charge in [0.05, 0.1) is 16.3 Å². The van der Waals surface area contributed by atoms with Crippen LogP contribution in [0.25, 0.3) is 11.8 Å². The van der Waals surface area contributed by atoms with Crippen LogP contribution in [0.5, 0.6) is 5.75 Å². The van der Waals surface area contributed by atoms with Gasteiger partial charge in [-0.3, -0.25) is 9.36 Å². The summed E-state index contributed by atoms with van der Waals surface area (Å²) < 4.78 is 8.35. The fraction of sp³-hybridized carbons (Fsp3) is 0.133. The number of aromatic nitrogens is 1. The summed E-state index contributed by atoms with van der Waals surface area (Å²) in [6, 6.07) is 26.4. The van der Waals surface area contributed by atoms with Crippen LogP contribution in [0.2, 0.25) is 0 Å². The Bertz CT molecular complexity index is 1640. The minimum atomic E-state index is -0.162. The summed E-state index contributed by atoms with van der Waals surface area (Å²) in [5.41, 5.74) is 6.67. The Balaban J connectivity index is 1.58. The molecule has 0 N–H and O–H groups in total. The number of hydrogen-bond acceptors (Lipinski definition) is 4. The van der Waals surface area contributed by atoms with E-state index in [-0.39, 0.29) is 11.6 Å². The maximum Gasteiger partial charge on any atom is 0.271 e. The van der Waals surface area contributed by atoms with Gasteiger partial charge in [0.25, 0.3) is 5.56 Å². The molecule has 0 saturated carbocycles. The molecule has 0 spiro atoms. The van der Waals surface area contributed by atoms with Crippen molar-refractivity contribution in [1.29, 1.82) is 0 Å². The predicted octanol–water partition coefficient (Wildman–Crippen LogP) is 4.88. The van der Waals surface area contributed by atoms with Gasteiger partial charge < -0.3 is 4.74 Å². The second-order valence-corrected chi connectivity index (χ2v) is 9.67.